The minimum absolute atomic E-state index is 0.212. The molecule has 6 heteroatoms. The molecule has 2 unspecified atom stereocenters. The molecule has 3 N–H and O–H groups in total. The molecule has 1 aliphatic carbocycles. The number of carbonyl (C=O) groups is 1. The summed E-state index contributed by atoms with van der Waals surface area (Å²) in [7, 11) is 1.55. The van der Waals surface area contributed by atoms with E-state index in [1.165, 1.54) is 0 Å². The number of aliphatic hydroxyl groups excluding tert-OH is 1. The number of rotatable bonds is 4. The minimum atomic E-state index is -0.250. The van der Waals surface area contributed by atoms with Crippen LogP contribution < -0.4 is 10.6 Å². The molecule has 0 bridgehead atoms. The van der Waals surface area contributed by atoms with Crippen molar-refractivity contribution in [2.75, 3.05) is 18.9 Å². The average molecular weight is 250 g/mol. The van der Waals surface area contributed by atoms with E-state index < -0.39 is 0 Å². The Bertz CT molecular complexity index is 407. The van der Waals surface area contributed by atoms with Crippen LogP contribution in [0, 0.1) is 5.92 Å². The summed E-state index contributed by atoms with van der Waals surface area (Å²) < 4.78 is 0. The highest BCUT2D eigenvalue weighted by Crippen LogP contribution is 2.25. The van der Waals surface area contributed by atoms with E-state index in [0.717, 1.165) is 19.3 Å². The van der Waals surface area contributed by atoms with Gasteiger partial charge in [-0.1, -0.05) is 6.42 Å². The summed E-state index contributed by atoms with van der Waals surface area (Å²) in [5.74, 6) is 0.660. The van der Waals surface area contributed by atoms with Crippen molar-refractivity contribution >= 4 is 11.7 Å². The second-order valence-corrected chi connectivity index (χ2v) is 4.52. The summed E-state index contributed by atoms with van der Waals surface area (Å²) in [5, 5.41) is 23.1. The zero-order valence-corrected chi connectivity index (χ0v) is 10.4. The minimum Gasteiger partial charge on any atom is -0.393 e. The molecule has 1 saturated carbocycles. The normalized spacial score (nSPS) is 22.8. The fraction of sp³-hybridized carbons (Fsp3) is 0.583. The molecule has 0 saturated heterocycles. The van der Waals surface area contributed by atoms with Crippen molar-refractivity contribution in [1.29, 1.82) is 0 Å². The molecule has 1 amide bonds. The molecular weight excluding hydrogens is 232 g/mol. The van der Waals surface area contributed by atoms with Gasteiger partial charge in [-0.05, 0) is 25.0 Å². The quantitative estimate of drug-likeness (QED) is 0.720. The van der Waals surface area contributed by atoms with Gasteiger partial charge in [0.1, 0.15) is 5.82 Å². The van der Waals surface area contributed by atoms with E-state index in [1.54, 1.807) is 19.2 Å². The standard InChI is InChI=1S/C12H18N4O2/c1-13-12(18)9-5-6-11(16-15-9)14-7-8-3-2-4-10(8)17/h5-6,8,10,17H,2-4,7H2,1H3,(H,13,18)(H,14,16). The van der Waals surface area contributed by atoms with Gasteiger partial charge in [0.2, 0.25) is 0 Å². The molecule has 6 nitrogen and oxygen atoms in total. The van der Waals surface area contributed by atoms with Crippen LogP contribution in [-0.4, -0.2) is 40.9 Å². The smallest absolute Gasteiger partial charge is 0.271 e. The maximum Gasteiger partial charge on any atom is 0.271 e. The van der Waals surface area contributed by atoms with Gasteiger partial charge in [0, 0.05) is 19.5 Å². The molecule has 0 aliphatic heterocycles. The van der Waals surface area contributed by atoms with Gasteiger partial charge in [0.15, 0.2) is 5.69 Å². The Morgan fingerprint density at radius 3 is 2.83 bits per heavy atom. The number of amides is 1. The summed E-state index contributed by atoms with van der Waals surface area (Å²) in [5.41, 5.74) is 0.295. The lowest BCUT2D eigenvalue weighted by Crippen LogP contribution is -2.23. The van der Waals surface area contributed by atoms with Crippen LogP contribution in [0.4, 0.5) is 5.82 Å². The van der Waals surface area contributed by atoms with Crippen molar-refractivity contribution in [3.63, 3.8) is 0 Å². The molecule has 0 aromatic carbocycles. The van der Waals surface area contributed by atoms with Gasteiger partial charge >= 0.3 is 0 Å². The Balaban J connectivity index is 1.88. The van der Waals surface area contributed by atoms with E-state index >= 15 is 0 Å². The van der Waals surface area contributed by atoms with Crippen LogP contribution in [0.3, 0.4) is 0 Å². The summed E-state index contributed by atoms with van der Waals surface area (Å²) >= 11 is 0. The van der Waals surface area contributed by atoms with Crippen molar-refractivity contribution in [2.45, 2.75) is 25.4 Å². The zero-order valence-electron chi connectivity index (χ0n) is 10.4. The molecule has 2 rings (SSSR count). The Kier molecular flexibility index (Phi) is 4.09. The molecule has 98 valence electrons. The average Bonchev–Trinajstić information content (AvgIpc) is 2.81. The Labute approximate surface area is 106 Å². The van der Waals surface area contributed by atoms with E-state index in [9.17, 15) is 9.90 Å². The second-order valence-electron chi connectivity index (χ2n) is 4.52. The number of hydrogen-bond donors (Lipinski definition) is 3. The fourth-order valence-electron chi connectivity index (χ4n) is 2.17. The molecule has 2 atom stereocenters. The molecule has 1 aromatic heterocycles. The first kappa shape index (κ1) is 12.8. The predicted molar refractivity (Wildman–Crippen MR) is 67.3 cm³/mol. The highest BCUT2D eigenvalue weighted by atomic mass is 16.3. The van der Waals surface area contributed by atoms with Crippen LogP contribution in [0.2, 0.25) is 0 Å². The lowest BCUT2D eigenvalue weighted by Gasteiger charge is -2.15. The first-order valence-corrected chi connectivity index (χ1v) is 6.18. The Morgan fingerprint density at radius 2 is 2.28 bits per heavy atom. The Hall–Kier alpha value is -1.69. The molecule has 1 heterocycles. The number of nitrogens with one attached hydrogen (secondary N) is 2. The van der Waals surface area contributed by atoms with Crippen LogP contribution in [0.25, 0.3) is 0 Å². The van der Waals surface area contributed by atoms with E-state index in [0.29, 0.717) is 18.1 Å². The van der Waals surface area contributed by atoms with Gasteiger partial charge in [0.05, 0.1) is 6.10 Å². The van der Waals surface area contributed by atoms with Crippen molar-refractivity contribution in [2.24, 2.45) is 5.92 Å². The third-order valence-electron chi connectivity index (χ3n) is 3.29. The van der Waals surface area contributed by atoms with Gasteiger partial charge in [0.25, 0.3) is 5.91 Å². The van der Waals surface area contributed by atoms with Gasteiger partial charge in [-0.2, -0.15) is 0 Å². The Morgan fingerprint density at radius 1 is 1.44 bits per heavy atom. The van der Waals surface area contributed by atoms with Gasteiger partial charge in [-0.25, -0.2) is 0 Å². The molecule has 1 aliphatic rings. The van der Waals surface area contributed by atoms with Crippen molar-refractivity contribution < 1.29 is 9.90 Å². The number of nitrogens with zero attached hydrogens (tertiary/aromatic N) is 2. The maximum atomic E-state index is 11.3. The topological polar surface area (TPSA) is 87.1 Å². The van der Waals surface area contributed by atoms with Crippen molar-refractivity contribution in [1.82, 2.24) is 15.5 Å². The number of anilines is 1. The SMILES string of the molecule is CNC(=O)c1ccc(NCC2CCCC2O)nn1. The highest BCUT2D eigenvalue weighted by Gasteiger charge is 2.24. The number of hydrogen-bond acceptors (Lipinski definition) is 5. The number of aliphatic hydroxyl groups is 1. The fourth-order valence-corrected chi connectivity index (χ4v) is 2.17. The van der Waals surface area contributed by atoms with Crippen LogP contribution in [-0.2, 0) is 0 Å². The van der Waals surface area contributed by atoms with E-state index in [2.05, 4.69) is 20.8 Å². The van der Waals surface area contributed by atoms with E-state index in [4.69, 9.17) is 0 Å². The van der Waals surface area contributed by atoms with Crippen molar-refractivity contribution in [3.8, 4) is 0 Å². The summed E-state index contributed by atoms with van der Waals surface area (Å²) in [6.45, 7) is 0.690. The lowest BCUT2D eigenvalue weighted by molar-refractivity contribution is 0.0957. The van der Waals surface area contributed by atoms with Gasteiger partial charge < -0.3 is 15.7 Å². The van der Waals surface area contributed by atoms with E-state index in [1.807, 2.05) is 0 Å². The second kappa shape index (κ2) is 5.77. The first-order valence-electron chi connectivity index (χ1n) is 6.18. The monoisotopic (exact) mass is 250 g/mol. The van der Waals surface area contributed by atoms with Crippen LogP contribution in [0.15, 0.2) is 12.1 Å². The molecular formula is C12H18N4O2. The maximum absolute atomic E-state index is 11.3. The summed E-state index contributed by atoms with van der Waals surface area (Å²) in [4.78, 5) is 11.3. The lowest BCUT2D eigenvalue weighted by atomic mass is 10.1. The number of carbonyl (C=O) groups excluding carboxylic acids is 1. The molecule has 1 fully saturated rings. The summed E-state index contributed by atoms with van der Waals surface area (Å²) in [6, 6.07) is 3.35. The molecule has 18 heavy (non-hydrogen) atoms. The third kappa shape index (κ3) is 2.95. The number of aromatic nitrogens is 2. The molecule has 0 spiro atoms. The first-order chi connectivity index (χ1) is 8.70. The van der Waals surface area contributed by atoms with Gasteiger partial charge in [-0.15, -0.1) is 10.2 Å². The summed E-state index contributed by atoms with van der Waals surface area (Å²) in [6.07, 6.45) is 2.79. The van der Waals surface area contributed by atoms with Crippen LogP contribution in [0.5, 0.6) is 0 Å². The van der Waals surface area contributed by atoms with Gasteiger partial charge in [-0.3, -0.25) is 4.79 Å². The molecule has 0 radical (unpaired) electrons. The molecule has 1 aromatic rings. The van der Waals surface area contributed by atoms with E-state index in [-0.39, 0.29) is 17.9 Å². The van der Waals surface area contributed by atoms with Crippen molar-refractivity contribution in [3.05, 3.63) is 17.8 Å². The zero-order chi connectivity index (χ0) is 13.0. The third-order valence-corrected chi connectivity index (χ3v) is 3.29. The predicted octanol–water partition coefficient (Wildman–Crippen LogP) is 0.409. The largest absolute Gasteiger partial charge is 0.393 e. The van der Waals surface area contributed by atoms with Crippen LogP contribution >= 0.6 is 0 Å². The van der Waals surface area contributed by atoms with Crippen LogP contribution in [0.1, 0.15) is 29.8 Å². The highest BCUT2D eigenvalue weighted by molar-refractivity contribution is 5.91.